The number of nitrogens with one attached hydrogen (secondary N) is 1. The summed E-state index contributed by atoms with van der Waals surface area (Å²) >= 11 is 0. The Balaban J connectivity index is 2.17. The summed E-state index contributed by atoms with van der Waals surface area (Å²) in [4.78, 5) is 2.13. The van der Waals surface area contributed by atoms with Gasteiger partial charge in [0.25, 0.3) is 0 Å². The maximum atomic E-state index is 12.6. The topological polar surface area (TPSA) is 127 Å². The predicted octanol–water partition coefficient (Wildman–Crippen LogP) is 3.64. The van der Waals surface area contributed by atoms with Gasteiger partial charge in [-0.05, 0) is 53.1 Å². The summed E-state index contributed by atoms with van der Waals surface area (Å²) in [7, 11) is -4.07. The first-order chi connectivity index (χ1) is 15.4. The quantitative estimate of drug-likeness (QED) is 0.424. The molecule has 0 unspecified atom stereocenters. The zero-order valence-corrected chi connectivity index (χ0v) is 19.3. The Kier molecular flexibility index (Phi) is 8.18. The van der Waals surface area contributed by atoms with Crippen LogP contribution in [-0.4, -0.2) is 42.1 Å². The van der Waals surface area contributed by atoms with Crippen LogP contribution in [0.4, 0.5) is 5.69 Å². The molecule has 0 saturated heterocycles. The Morgan fingerprint density at radius 1 is 1.06 bits per heavy atom. The van der Waals surface area contributed by atoms with E-state index in [1.54, 1.807) is 12.1 Å². The van der Waals surface area contributed by atoms with Crippen molar-refractivity contribution in [3.8, 4) is 11.5 Å². The molecule has 3 rings (SSSR count). The zero-order chi connectivity index (χ0) is 23.0. The number of benzene rings is 2. The maximum Gasteiger partial charge on any atom is 0.241 e. The number of hydrogen-bond donors (Lipinski definition) is 2. The minimum absolute atomic E-state index is 0.0562. The third-order valence-electron chi connectivity index (χ3n) is 5.03. The van der Waals surface area contributed by atoms with Crippen LogP contribution in [0.2, 0.25) is 0 Å². The summed E-state index contributed by atoms with van der Waals surface area (Å²) in [6.45, 7) is 5.81. The number of para-hydroxylation sites is 1. The molecule has 0 bridgehead atoms. The Bertz CT molecular complexity index is 1080. The van der Waals surface area contributed by atoms with Crippen LogP contribution in [0.15, 0.2) is 47.4 Å². The van der Waals surface area contributed by atoms with Gasteiger partial charge >= 0.3 is 0 Å². The van der Waals surface area contributed by atoms with E-state index in [0.29, 0.717) is 23.7 Å². The first kappa shape index (κ1) is 23.7. The van der Waals surface area contributed by atoms with Crippen LogP contribution >= 0.6 is 0 Å². The van der Waals surface area contributed by atoms with Gasteiger partial charge in [-0.3, -0.25) is 0 Å². The summed E-state index contributed by atoms with van der Waals surface area (Å²) < 4.78 is 31.4. The zero-order valence-electron chi connectivity index (χ0n) is 18.5. The summed E-state index contributed by atoms with van der Waals surface area (Å²) in [5, 5.41) is 19.5. The van der Waals surface area contributed by atoms with Crippen LogP contribution in [0.5, 0.6) is 11.5 Å². The number of unbranched alkanes of at least 4 members (excludes halogenated alkanes) is 2. The largest absolute Gasteiger partial charge is 0.454 e. The number of nitrogens with two attached hydrogens (primary N) is 1. The molecule has 0 radical (unpaired) electrons. The molecule has 32 heavy (non-hydrogen) atoms. The Labute approximate surface area is 189 Å². The number of anilines is 1. The smallest absolute Gasteiger partial charge is 0.241 e. The highest BCUT2D eigenvalue weighted by Gasteiger charge is 2.25. The van der Waals surface area contributed by atoms with Crippen LogP contribution in [0.3, 0.4) is 0 Å². The highest BCUT2D eigenvalue weighted by atomic mass is 32.2. The summed E-state index contributed by atoms with van der Waals surface area (Å²) in [5.41, 5.74) is 1.42. The highest BCUT2D eigenvalue weighted by Crippen LogP contribution is 2.40. The third kappa shape index (κ3) is 6.27. The molecule has 0 fully saturated rings. The Morgan fingerprint density at radius 3 is 2.31 bits per heavy atom. The molecule has 0 aliphatic rings. The lowest BCUT2D eigenvalue weighted by atomic mass is 10.1. The minimum Gasteiger partial charge on any atom is -0.454 e. The molecular formula is C22H30N6O3S. The van der Waals surface area contributed by atoms with Gasteiger partial charge in [-0.25, -0.2) is 18.7 Å². The molecule has 10 heteroatoms. The maximum absolute atomic E-state index is 12.6. The van der Waals surface area contributed by atoms with Crippen molar-refractivity contribution in [1.82, 2.24) is 20.6 Å². The van der Waals surface area contributed by atoms with Gasteiger partial charge in [0.15, 0.2) is 11.6 Å². The van der Waals surface area contributed by atoms with Gasteiger partial charge in [0.1, 0.15) is 10.6 Å². The number of H-pyrrole nitrogens is 1. The lowest BCUT2D eigenvalue weighted by Gasteiger charge is -2.28. The molecule has 1 aromatic heterocycles. The van der Waals surface area contributed by atoms with Gasteiger partial charge in [0.2, 0.25) is 10.0 Å². The molecule has 0 spiro atoms. The lowest BCUT2D eigenvalue weighted by molar-refractivity contribution is 0.465. The van der Waals surface area contributed by atoms with Gasteiger partial charge < -0.3 is 9.64 Å². The van der Waals surface area contributed by atoms with Crippen LogP contribution in [0, 0.1) is 0 Å². The average Bonchev–Trinajstić information content (AvgIpc) is 3.28. The van der Waals surface area contributed by atoms with Crippen molar-refractivity contribution < 1.29 is 13.2 Å². The number of primary sulfonamides is 1. The standard InChI is InChI=1S/C22H30N6O3S/c1-3-5-12-28(13-6-4-2)19-14-17(16-21-24-26-27-25-21)15-20(32(23,29)30)22(19)31-18-10-8-7-9-11-18/h7-11,14-15H,3-6,12-13,16H2,1-2H3,(H2,23,29,30)(H,24,25,26,27). The van der Waals surface area contributed by atoms with Crippen LogP contribution < -0.4 is 14.8 Å². The lowest BCUT2D eigenvalue weighted by Crippen LogP contribution is -2.27. The monoisotopic (exact) mass is 458 g/mol. The fourth-order valence-electron chi connectivity index (χ4n) is 3.40. The number of nitrogens with zero attached hydrogens (tertiary/aromatic N) is 4. The van der Waals surface area contributed by atoms with Crippen molar-refractivity contribution in [2.75, 3.05) is 18.0 Å². The molecule has 0 atom stereocenters. The minimum atomic E-state index is -4.07. The van der Waals surface area contributed by atoms with E-state index >= 15 is 0 Å². The summed E-state index contributed by atoms with van der Waals surface area (Å²) in [6, 6.07) is 12.6. The molecule has 0 aliphatic heterocycles. The van der Waals surface area contributed by atoms with E-state index < -0.39 is 10.0 Å². The average molecular weight is 459 g/mol. The van der Waals surface area contributed by atoms with E-state index in [4.69, 9.17) is 9.88 Å². The Hall–Kier alpha value is -2.98. The summed E-state index contributed by atoms with van der Waals surface area (Å²) in [6.07, 6.45) is 4.31. The highest BCUT2D eigenvalue weighted by molar-refractivity contribution is 7.89. The van der Waals surface area contributed by atoms with E-state index in [0.717, 1.165) is 44.3 Å². The van der Waals surface area contributed by atoms with E-state index in [1.807, 2.05) is 24.3 Å². The second-order valence-electron chi connectivity index (χ2n) is 7.62. The van der Waals surface area contributed by atoms with E-state index in [9.17, 15) is 8.42 Å². The molecule has 0 saturated carbocycles. The molecule has 9 nitrogen and oxygen atoms in total. The van der Waals surface area contributed by atoms with Crippen molar-refractivity contribution in [2.45, 2.75) is 50.8 Å². The van der Waals surface area contributed by atoms with E-state index in [1.165, 1.54) is 6.07 Å². The van der Waals surface area contributed by atoms with Crippen LogP contribution in [0.1, 0.15) is 50.9 Å². The van der Waals surface area contributed by atoms with Gasteiger partial charge in [-0.2, -0.15) is 0 Å². The second kappa shape index (κ2) is 11.1. The first-order valence-electron chi connectivity index (χ1n) is 10.8. The molecule has 172 valence electrons. The fourth-order valence-corrected chi connectivity index (χ4v) is 4.12. The molecule has 2 aromatic carbocycles. The normalized spacial score (nSPS) is 11.5. The third-order valence-corrected chi connectivity index (χ3v) is 5.95. The van der Waals surface area contributed by atoms with Gasteiger partial charge in [-0.1, -0.05) is 44.9 Å². The SMILES string of the molecule is CCCCN(CCCC)c1cc(Cc2nnn[nH]2)cc(S(N)(=O)=O)c1Oc1ccccc1. The molecular weight excluding hydrogens is 428 g/mol. The van der Waals surface area contributed by atoms with Crippen molar-refractivity contribution in [1.29, 1.82) is 0 Å². The van der Waals surface area contributed by atoms with Crippen molar-refractivity contribution >= 4 is 15.7 Å². The Morgan fingerprint density at radius 2 is 1.75 bits per heavy atom. The number of rotatable bonds is 12. The number of hydrogen-bond acceptors (Lipinski definition) is 7. The van der Waals surface area contributed by atoms with Crippen LogP contribution in [0.25, 0.3) is 0 Å². The van der Waals surface area contributed by atoms with E-state index in [-0.39, 0.29) is 10.6 Å². The van der Waals surface area contributed by atoms with Gasteiger partial charge in [0.05, 0.1) is 5.69 Å². The molecule has 0 amide bonds. The van der Waals surface area contributed by atoms with E-state index in [2.05, 4.69) is 39.4 Å². The van der Waals surface area contributed by atoms with Crippen molar-refractivity contribution in [3.63, 3.8) is 0 Å². The number of aromatic nitrogens is 4. The van der Waals surface area contributed by atoms with Crippen LogP contribution in [-0.2, 0) is 16.4 Å². The van der Waals surface area contributed by atoms with Crippen molar-refractivity contribution in [2.24, 2.45) is 5.14 Å². The fraction of sp³-hybridized carbons (Fsp3) is 0.409. The second-order valence-corrected chi connectivity index (χ2v) is 9.15. The van der Waals surface area contributed by atoms with Gasteiger partial charge in [0, 0.05) is 19.5 Å². The van der Waals surface area contributed by atoms with Gasteiger partial charge in [-0.15, -0.1) is 5.10 Å². The molecule has 1 heterocycles. The predicted molar refractivity (Wildman–Crippen MR) is 123 cm³/mol. The number of ether oxygens (including phenoxy) is 1. The van der Waals surface area contributed by atoms with Crippen molar-refractivity contribution in [3.05, 3.63) is 53.9 Å². The molecule has 3 aromatic rings. The first-order valence-corrected chi connectivity index (χ1v) is 12.4. The molecule has 0 aliphatic carbocycles. The number of aromatic amines is 1. The number of tetrazole rings is 1. The number of sulfonamides is 1. The summed E-state index contributed by atoms with van der Waals surface area (Å²) in [5.74, 6) is 1.31. The molecule has 3 N–H and O–H groups in total.